The zero-order valence-corrected chi connectivity index (χ0v) is 9.92. The second-order valence-electron chi connectivity index (χ2n) is 4.55. The first-order valence-electron chi connectivity index (χ1n) is 5.69. The van der Waals surface area contributed by atoms with E-state index in [9.17, 15) is 17.6 Å². The molecule has 0 aliphatic heterocycles. The zero-order chi connectivity index (χ0) is 13.8. The molecule has 1 nitrogen and oxygen atoms in total. The Morgan fingerprint density at radius 2 is 1.53 bits per heavy atom. The highest BCUT2D eigenvalue weighted by molar-refractivity contribution is 5.75. The fourth-order valence-electron chi connectivity index (χ4n) is 2.44. The Bertz CT molecular complexity index is 664. The minimum atomic E-state index is -4.25. The van der Waals surface area contributed by atoms with Gasteiger partial charge in [0.1, 0.15) is 0 Å². The summed E-state index contributed by atoms with van der Waals surface area (Å²) in [6, 6.07) is 6.24. The van der Waals surface area contributed by atoms with Gasteiger partial charge in [0.2, 0.25) is 0 Å². The Morgan fingerprint density at radius 1 is 0.895 bits per heavy atom. The van der Waals surface area contributed by atoms with Gasteiger partial charge < -0.3 is 0 Å². The largest absolute Gasteiger partial charge is 0.341 e. The van der Waals surface area contributed by atoms with Crippen LogP contribution in [-0.4, -0.2) is 4.98 Å². The van der Waals surface area contributed by atoms with Crippen LogP contribution in [0.15, 0.2) is 36.5 Å². The molecule has 0 bridgehead atoms. The maximum Gasteiger partial charge on any atom is 0.341 e. The Balaban J connectivity index is 2.47. The lowest BCUT2D eigenvalue weighted by molar-refractivity contribution is -0.225. The lowest BCUT2D eigenvalue weighted by atomic mass is 9.81. The van der Waals surface area contributed by atoms with Crippen molar-refractivity contribution in [3.8, 4) is 11.3 Å². The molecule has 0 amide bonds. The van der Waals surface area contributed by atoms with Crippen LogP contribution in [0.4, 0.5) is 17.6 Å². The van der Waals surface area contributed by atoms with Crippen LogP contribution in [0.2, 0.25) is 0 Å². The van der Waals surface area contributed by atoms with Crippen molar-refractivity contribution < 1.29 is 17.6 Å². The van der Waals surface area contributed by atoms with Crippen molar-refractivity contribution in [1.29, 1.82) is 0 Å². The number of halogens is 4. The van der Waals surface area contributed by atoms with Crippen molar-refractivity contribution in [2.75, 3.05) is 0 Å². The summed E-state index contributed by atoms with van der Waals surface area (Å²) in [5.41, 5.74) is -0.835. The van der Waals surface area contributed by atoms with Crippen LogP contribution in [0, 0.1) is 6.92 Å². The molecule has 0 radical (unpaired) electrons. The molecule has 1 aliphatic carbocycles. The molecular formula is C14H9F4N. The van der Waals surface area contributed by atoms with Gasteiger partial charge in [-0.05, 0) is 24.6 Å². The minimum Gasteiger partial charge on any atom is -0.256 e. The molecule has 0 unspecified atom stereocenters. The number of rotatable bonds is 0. The number of aromatic nitrogens is 1. The van der Waals surface area contributed by atoms with Crippen molar-refractivity contribution in [2.24, 2.45) is 0 Å². The highest BCUT2D eigenvalue weighted by Crippen LogP contribution is 2.57. The molecule has 0 N–H and O–H groups in total. The van der Waals surface area contributed by atoms with Gasteiger partial charge in [-0.15, -0.1) is 0 Å². The van der Waals surface area contributed by atoms with Crippen LogP contribution < -0.4 is 0 Å². The van der Waals surface area contributed by atoms with Gasteiger partial charge in [0, 0.05) is 17.3 Å². The van der Waals surface area contributed by atoms with Crippen LogP contribution in [-0.2, 0) is 11.8 Å². The lowest BCUT2D eigenvalue weighted by Crippen LogP contribution is -2.39. The van der Waals surface area contributed by atoms with E-state index < -0.39 is 23.0 Å². The minimum absolute atomic E-state index is 0.0634. The van der Waals surface area contributed by atoms with Crippen molar-refractivity contribution >= 4 is 0 Å². The zero-order valence-electron chi connectivity index (χ0n) is 9.92. The third-order valence-corrected chi connectivity index (χ3v) is 3.39. The number of benzene rings is 1. The molecule has 98 valence electrons. The van der Waals surface area contributed by atoms with E-state index in [1.807, 2.05) is 0 Å². The van der Waals surface area contributed by atoms with Crippen LogP contribution >= 0.6 is 0 Å². The van der Waals surface area contributed by atoms with Crippen molar-refractivity contribution in [3.05, 3.63) is 53.2 Å². The Morgan fingerprint density at radius 3 is 2.26 bits per heavy atom. The summed E-state index contributed by atoms with van der Waals surface area (Å²) in [7, 11) is 0. The normalized spacial score (nSPS) is 18.6. The SMILES string of the molecule is Cc1cccc2c1-c1ncccc1C(F)(F)C2(F)F. The molecule has 19 heavy (non-hydrogen) atoms. The summed E-state index contributed by atoms with van der Waals surface area (Å²) in [5.74, 6) is -8.48. The number of alkyl halides is 4. The smallest absolute Gasteiger partial charge is 0.256 e. The van der Waals surface area contributed by atoms with Gasteiger partial charge in [-0.25, -0.2) is 0 Å². The van der Waals surface area contributed by atoms with Crippen molar-refractivity contribution in [3.63, 3.8) is 0 Å². The maximum atomic E-state index is 14.1. The first-order chi connectivity index (χ1) is 8.87. The number of aryl methyl sites for hydroxylation is 1. The Kier molecular flexibility index (Phi) is 2.27. The lowest BCUT2D eigenvalue weighted by Gasteiger charge is -2.34. The highest BCUT2D eigenvalue weighted by Gasteiger charge is 2.63. The second-order valence-corrected chi connectivity index (χ2v) is 4.55. The van der Waals surface area contributed by atoms with E-state index >= 15 is 0 Å². The number of nitrogens with zero attached hydrogens (tertiary/aromatic N) is 1. The Hall–Kier alpha value is -1.91. The third-order valence-electron chi connectivity index (χ3n) is 3.39. The molecule has 2 aromatic rings. The van der Waals surface area contributed by atoms with Crippen molar-refractivity contribution in [1.82, 2.24) is 4.98 Å². The molecule has 1 aliphatic rings. The predicted octanol–water partition coefficient (Wildman–Crippen LogP) is 4.25. The van der Waals surface area contributed by atoms with E-state index in [1.165, 1.54) is 18.3 Å². The molecule has 1 heterocycles. The van der Waals surface area contributed by atoms with Gasteiger partial charge in [0.25, 0.3) is 0 Å². The molecule has 5 heteroatoms. The fourth-order valence-corrected chi connectivity index (χ4v) is 2.44. The van der Waals surface area contributed by atoms with Gasteiger partial charge >= 0.3 is 11.8 Å². The molecule has 0 spiro atoms. The maximum absolute atomic E-state index is 14.1. The van der Waals surface area contributed by atoms with Gasteiger partial charge in [-0.1, -0.05) is 18.2 Å². The van der Waals surface area contributed by atoms with E-state index in [2.05, 4.69) is 4.98 Å². The summed E-state index contributed by atoms with van der Waals surface area (Å²) in [6.45, 7) is 1.61. The summed E-state index contributed by atoms with van der Waals surface area (Å²) < 4.78 is 56.1. The van der Waals surface area contributed by atoms with Crippen LogP contribution in [0.3, 0.4) is 0 Å². The predicted molar refractivity (Wildman–Crippen MR) is 62.2 cm³/mol. The molecule has 0 saturated heterocycles. The second kappa shape index (κ2) is 3.56. The molecular weight excluding hydrogens is 258 g/mol. The Labute approximate surface area is 106 Å². The highest BCUT2D eigenvalue weighted by atomic mass is 19.3. The summed E-state index contributed by atoms with van der Waals surface area (Å²) in [4.78, 5) is 3.87. The van der Waals surface area contributed by atoms with Gasteiger partial charge in [0.15, 0.2) is 0 Å². The van der Waals surface area contributed by atoms with E-state index in [0.717, 1.165) is 12.1 Å². The number of pyridine rings is 1. The number of fused-ring (bicyclic) bond motifs is 3. The molecule has 1 aromatic heterocycles. The van der Waals surface area contributed by atoms with Gasteiger partial charge in [0.05, 0.1) is 11.3 Å². The standard InChI is InChI=1S/C14H9F4N/c1-8-4-2-5-9-11(8)12-10(6-3-7-19-12)14(17,18)13(9,15)16/h2-7H,1H3. The first kappa shape index (κ1) is 12.1. The number of hydrogen-bond acceptors (Lipinski definition) is 1. The van der Waals surface area contributed by atoms with Crippen LogP contribution in [0.1, 0.15) is 16.7 Å². The number of hydrogen-bond donors (Lipinski definition) is 0. The third kappa shape index (κ3) is 1.38. The van der Waals surface area contributed by atoms with Crippen LogP contribution in [0.5, 0.6) is 0 Å². The first-order valence-corrected chi connectivity index (χ1v) is 5.69. The summed E-state index contributed by atoms with van der Waals surface area (Å²) in [6.07, 6.45) is 1.33. The molecule has 3 rings (SSSR count). The molecule has 0 saturated carbocycles. The quantitative estimate of drug-likeness (QED) is 0.650. The van der Waals surface area contributed by atoms with E-state index in [1.54, 1.807) is 13.0 Å². The summed E-state index contributed by atoms with van der Waals surface area (Å²) >= 11 is 0. The van der Waals surface area contributed by atoms with E-state index in [0.29, 0.717) is 5.56 Å². The van der Waals surface area contributed by atoms with E-state index in [-0.39, 0.29) is 11.3 Å². The van der Waals surface area contributed by atoms with Gasteiger partial charge in [-0.3, -0.25) is 4.98 Å². The topological polar surface area (TPSA) is 12.9 Å². The fraction of sp³-hybridized carbons (Fsp3) is 0.214. The van der Waals surface area contributed by atoms with E-state index in [4.69, 9.17) is 0 Å². The molecule has 1 aromatic carbocycles. The average molecular weight is 267 g/mol. The van der Waals surface area contributed by atoms with Crippen molar-refractivity contribution in [2.45, 2.75) is 18.8 Å². The van der Waals surface area contributed by atoms with Gasteiger partial charge in [-0.2, -0.15) is 17.6 Å². The molecule has 0 atom stereocenters. The summed E-state index contributed by atoms with van der Waals surface area (Å²) in [5, 5.41) is 0. The monoisotopic (exact) mass is 267 g/mol. The van der Waals surface area contributed by atoms with Crippen LogP contribution in [0.25, 0.3) is 11.3 Å². The average Bonchev–Trinajstić information content (AvgIpc) is 2.37. The molecule has 0 fully saturated rings.